The highest BCUT2D eigenvalue weighted by Gasteiger charge is 2.58. The maximum Gasteiger partial charge on any atom is 0.178 e. The summed E-state index contributed by atoms with van der Waals surface area (Å²) >= 11 is 0. The Labute approximate surface area is 219 Å². The molecule has 194 valence electrons. The summed E-state index contributed by atoms with van der Waals surface area (Å²) in [5.41, 5.74) is 2.88. The zero-order valence-electron chi connectivity index (χ0n) is 23.1. The van der Waals surface area contributed by atoms with Crippen molar-refractivity contribution in [2.24, 2.45) is 40.4 Å². The summed E-state index contributed by atoms with van der Waals surface area (Å²) in [5.74, 6) is 3.77. The normalized spacial score (nSPS) is 36.1. The lowest BCUT2D eigenvalue weighted by Gasteiger charge is -2.55. The van der Waals surface area contributed by atoms with Crippen LogP contribution < -0.4 is 0 Å². The second-order valence-corrected chi connectivity index (χ2v) is 13.4. The standard InChI is InChI=1S/C34H46O2/c1-24(10-9-19-32(2,3)36-23-25-11-7-6-8-12-25)29-15-16-30-28-14-13-26-22-27(35)17-20-33(26,4)31(28)18-21-34(29,30)5/h6-8,11-14,17,20,22,24,28-31H,9-10,15-16,18-19,21,23H2,1-5H3/t24-,28+,29-,30+,31+,33+,34-/m1/s1. The Morgan fingerprint density at radius 1 is 1.06 bits per heavy atom. The van der Waals surface area contributed by atoms with Crippen LogP contribution in [0.15, 0.2) is 66.3 Å². The van der Waals surface area contributed by atoms with Crippen molar-refractivity contribution in [2.75, 3.05) is 0 Å². The fourth-order valence-corrected chi connectivity index (χ4v) is 8.60. The topological polar surface area (TPSA) is 26.3 Å². The molecular formula is C34H46O2. The van der Waals surface area contributed by atoms with E-state index in [1.165, 1.54) is 49.7 Å². The Kier molecular flexibility index (Phi) is 6.96. The highest BCUT2D eigenvalue weighted by molar-refractivity contribution is 6.01. The van der Waals surface area contributed by atoms with Crippen LogP contribution >= 0.6 is 0 Å². The molecule has 0 heterocycles. The van der Waals surface area contributed by atoms with Gasteiger partial charge in [0.25, 0.3) is 0 Å². The molecule has 5 rings (SSSR count). The molecule has 2 nitrogen and oxygen atoms in total. The van der Waals surface area contributed by atoms with E-state index in [1.807, 2.05) is 12.2 Å². The molecule has 1 aromatic carbocycles. The fraction of sp³-hybridized carbons (Fsp3) is 0.618. The summed E-state index contributed by atoms with van der Waals surface area (Å²) in [5, 5.41) is 0. The molecule has 0 amide bonds. The van der Waals surface area contributed by atoms with Gasteiger partial charge in [-0.3, -0.25) is 4.79 Å². The molecule has 36 heavy (non-hydrogen) atoms. The monoisotopic (exact) mass is 486 g/mol. The van der Waals surface area contributed by atoms with E-state index in [0.29, 0.717) is 23.9 Å². The average molecular weight is 487 g/mol. The van der Waals surface area contributed by atoms with Gasteiger partial charge in [-0.15, -0.1) is 0 Å². The van der Waals surface area contributed by atoms with E-state index in [4.69, 9.17) is 4.74 Å². The van der Waals surface area contributed by atoms with Gasteiger partial charge in [-0.05, 0) is 104 Å². The fourth-order valence-electron chi connectivity index (χ4n) is 8.60. The summed E-state index contributed by atoms with van der Waals surface area (Å²) in [4.78, 5) is 12.0. The van der Waals surface area contributed by atoms with Crippen molar-refractivity contribution in [3.63, 3.8) is 0 Å². The van der Waals surface area contributed by atoms with Crippen LogP contribution in [0.2, 0.25) is 0 Å². The lowest BCUT2D eigenvalue weighted by atomic mass is 9.49. The van der Waals surface area contributed by atoms with Crippen LogP contribution in [0.1, 0.15) is 85.1 Å². The van der Waals surface area contributed by atoms with E-state index in [0.717, 1.165) is 24.2 Å². The number of rotatable bonds is 8. The van der Waals surface area contributed by atoms with Gasteiger partial charge < -0.3 is 4.74 Å². The van der Waals surface area contributed by atoms with E-state index in [1.54, 1.807) is 0 Å². The number of ether oxygens (including phenoxy) is 1. The Balaban J connectivity index is 1.19. The van der Waals surface area contributed by atoms with Crippen LogP contribution in [0.4, 0.5) is 0 Å². The van der Waals surface area contributed by atoms with Gasteiger partial charge >= 0.3 is 0 Å². The van der Waals surface area contributed by atoms with Crippen molar-refractivity contribution < 1.29 is 9.53 Å². The highest BCUT2D eigenvalue weighted by Crippen LogP contribution is 2.65. The van der Waals surface area contributed by atoms with Crippen LogP contribution in [-0.4, -0.2) is 11.4 Å². The summed E-state index contributed by atoms with van der Waals surface area (Å²) in [6, 6.07) is 10.5. The zero-order chi connectivity index (χ0) is 25.6. The average Bonchev–Trinajstić information content (AvgIpc) is 3.21. The van der Waals surface area contributed by atoms with Crippen molar-refractivity contribution in [3.05, 3.63) is 71.8 Å². The van der Waals surface area contributed by atoms with Crippen molar-refractivity contribution in [1.29, 1.82) is 0 Å². The number of hydrogen-bond acceptors (Lipinski definition) is 2. The maximum atomic E-state index is 12.0. The molecule has 0 bridgehead atoms. The summed E-state index contributed by atoms with van der Waals surface area (Å²) < 4.78 is 6.31. The predicted molar refractivity (Wildman–Crippen MR) is 148 cm³/mol. The van der Waals surface area contributed by atoms with Gasteiger partial charge in [-0.1, -0.05) is 82.2 Å². The third-order valence-electron chi connectivity index (χ3n) is 10.8. The molecule has 1 aromatic rings. The maximum absolute atomic E-state index is 12.0. The SMILES string of the molecule is C[C@H](CCCC(C)(C)OCc1ccccc1)[C@H]1CC[C@H]2[C@@H]3C=CC4=CC(=O)C=C[C@]4(C)[C@H]3CC[C@]12C. The first-order chi connectivity index (χ1) is 17.1. The van der Waals surface area contributed by atoms with Crippen molar-refractivity contribution >= 4 is 5.78 Å². The number of ketones is 1. The minimum absolute atomic E-state index is 0.0314. The van der Waals surface area contributed by atoms with Gasteiger partial charge in [0.1, 0.15) is 0 Å². The number of benzene rings is 1. The van der Waals surface area contributed by atoms with Crippen LogP contribution in [0.25, 0.3) is 0 Å². The Morgan fingerprint density at radius 2 is 1.83 bits per heavy atom. The lowest BCUT2D eigenvalue weighted by molar-refractivity contribution is -0.110. The molecule has 2 saturated carbocycles. The van der Waals surface area contributed by atoms with Gasteiger partial charge in [0.05, 0.1) is 12.2 Å². The molecule has 2 heteroatoms. The van der Waals surface area contributed by atoms with Crippen LogP contribution in [0.3, 0.4) is 0 Å². The summed E-state index contributed by atoms with van der Waals surface area (Å²) in [7, 11) is 0. The molecule has 0 aliphatic heterocycles. The molecule has 0 radical (unpaired) electrons. The first-order valence-electron chi connectivity index (χ1n) is 14.4. The van der Waals surface area contributed by atoms with Gasteiger partial charge in [0, 0.05) is 5.41 Å². The van der Waals surface area contributed by atoms with Crippen molar-refractivity contribution in [1.82, 2.24) is 0 Å². The molecule has 0 unspecified atom stereocenters. The second-order valence-electron chi connectivity index (χ2n) is 13.4. The molecule has 4 aliphatic rings. The Morgan fingerprint density at radius 3 is 2.61 bits per heavy atom. The molecule has 0 spiro atoms. The molecule has 2 fully saturated rings. The highest BCUT2D eigenvalue weighted by atomic mass is 16.5. The zero-order valence-corrected chi connectivity index (χ0v) is 23.1. The van der Waals surface area contributed by atoms with Gasteiger partial charge in [-0.2, -0.15) is 0 Å². The van der Waals surface area contributed by atoms with Crippen LogP contribution in [0, 0.1) is 40.4 Å². The lowest BCUT2D eigenvalue weighted by Crippen LogP contribution is -2.48. The van der Waals surface area contributed by atoms with Gasteiger partial charge in [-0.25, -0.2) is 0 Å². The van der Waals surface area contributed by atoms with Crippen molar-refractivity contribution in [2.45, 2.75) is 91.8 Å². The number of hydrogen-bond donors (Lipinski definition) is 0. The van der Waals surface area contributed by atoms with E-state index in [-0.39, 0.29) is 16.8 Å². The molecule has 0 N–H and O–H groups in total. The smallest absolute Gasteiger partial charge is 0.178 e. The van der Waals surface area contributed by atoms with Crippen molar-refractivity contribution in [3.8, 4) is 0 Å². The van der Waals surface area contributed by atoms with Crippen LogP contribution in [-0.2, 0) is 16.1 Å². The first-order valence-corrected chi connectivity index (χ1v) is 14.4. The molecular weight excluding hydrogens is 440 g/mol. The van der Waals surface area contributed by atoms with E-state index in [2.05, 4.69) is 83.2 Å². The minimum atomic E-state index is -0.0851. The quantitative estimate of drug-likeness (QED) is 0.368. The Bertz CT molecular complexity index is 1050. The Hall–Kier alpha value is -1.93. The summed E-state index contributed by atoms with van der Waals surface area (Å²) in [6.07, 6.45) is 19.7. The minimum Gasteiger partial charge on any atom is -0.371 e. The number of fused-ring (bicyclic) bond motifs is 5. The predicted octanol–water partition coefficient (Wildman–Crippen LogP) is 8.49. The third kappa shape index (κ3) is 4.71. The van der Waals surface area contributed by atoms with E-state index in [9.17, 15) is 4.79 Å². The molecule has 0 aromatic heterocycles. The summed E-state index contributed by atoms with van der Waals surface area (Å²) in [6.45, 7) is 12.7. The number of allylic oxidation sites excluding steroid dienone is 6. The van der Waals surface area contributed by atoms with Gasteiger partial charge in [0.2, 0.25) is 0 Å². The number of carbonyl (C=O) groups excluding carboxylic acids is 1. The molecule has 7 atom stereocenters. The first kappa shape index (κ1) is 25.7. The third-order valence-corrected chi connectivity index (χ3v) is 10.8. The van der Waals surface area contributed by atoms with Gasteiger partial charge in [0.15, 0.2) is 5.78 Å². The van der Waals surface area contributed by atoms with Crippen LogP contribution in [0.5, 0.6) is 0 Å². The molecule has 4 aliphatic carbocycles. The number of carbonyl (C=O) groups is 1. The van der Waals surface area contributed by atoms with E-state index >= 15 is 0 Å². The van der Waals surface area contributed by atoms with E-state index < -0.39 is 0 Å². The second kappa shape index (κ2) is 9.75. The largest absolute Gasteiger partial charge is 0.371 e. The molecule has 0 saturated heterocycles.